The number of halogens is 1. The van der Waals surface area contributed by atoms with Gasteiger partial charge in [0.15, 0.2) is 0 Å². The largest absolute Gasteiger partial charge is 0.496 e. The summed E-state index contributed by atoms with van der Waals surface area (Å²) in [4.78, 5) is 0. The molecule has 0 aliphatic carbocycles. The Bertz CT molecular complexity index is 418. The van der Waals surface area contributed by atoms with E-state index in [1.807, 2.05) is 0 Å². The van der Waals surface area contributed by atoms with Gasteiger partial charge in [0.2, 0.25) is 0 Å². The van der Waals surface area contributed by atoms with Crippen LogP contribution in [0.25, 0.3) is 0 Å². The van der Waals surface area contributed by atoms with Crippen LogP contribution in [0, 0.1) is 24.1 Å². The average molecular weight is 207 g/mol. The molecular weight excluding hydrogens is 193 g/mol. The van der Waals surface area contributed by atoms with Crippen molar-refractivity contribution in [3.05, 3.63) is 29.1 Å². The Labute approximate surface area is 89.3 Å². The zero-order valence-electron chi connectivity index (χ0n) is 9.39. The number of ether oxygens (including phenoxy) is 1. The molecule has 1 aromatic carbocycles. The van der Waals surface area contributed by atoms with Crippen molar-refractivity contribution >= 4 is 0 Å². The van der Waals surface area contributed by atoms with E-state index >= 15 is 0 Å². The van der Waals surface area contributed by atoms with Gasteiger partial charge in [-0.2, -0.15) is 5.26 Å². The zero-order valence-corrected chi connectivity index (χ0v) is 9.39. The van der Waals surface area contributed by atoms with Gasteiger partial charge in [-0.1, -0.05) is 0 Å². The molecule has 0 saturated carbocycles. The lowest BCUT2D eigenvalue weighted by Gasteiger charge is -2.18. The van der Waals surface area contributed by atoms with E-state index in [1.165, 1.54) is 13.2 Å². The number of nitrogens with zero attached hydrogens (tertiary/aromatic N) is 1. The van der Waals surface area contributed by atoms with Gasteiger partial charge in [-0.05, 0) is 38.5 Å². The first-order chi connectivity index (χ1) is 6.92. The highest BCUT2D eigenvalue weighted by Crippen LogP contribution is 2.30. The number of aryl methyl sites for hydroxylation is 1. The van der Waals surface area contributed by atoms with Crippen LogP contribution in [0.1, 0.15) is 25.0 Å². The first-order valence-corrected chi connectivity index (χ1v) is 4.68. The average Bonchev–Trinajstić information content (AvgIpc) is 2.17. The van der Waals surface area contributed by atoms with Crippen LogP contribution in [-0.2, 0) is 5.41 Å². The molecule has 0 fully saturated rings. The van der Waals surface area contributed by atoms with Crippen molar-refractivity contribution in [3.63, 3.8) is 0 Å². The second kappa shape index (κ2) is 3.90. The van der Waals surface area contributed by atoms with E-state index < -0.39 is 5.41 Å². The minimum atomic E-state index is -0.842. The molecular formula is C12H14FNO. The monoisotopic (exact) mass is 207 g/mol. The van der Waals surface area contributed by atoms with E-state index in [9.17, 15) is 4.39 Å². The summed E-state index contributed by atoms with van der Waals surface area (Å²) in [6, 6.07) is 5.06. The van der Waals surface area contributed by atoms with Gasteiger partial charge >= 0.3 is 0 Å². The van der Waals surface area contributed by atoms with Gasteiger partial charge < -0.3 is 4.74 Å². The Morgan fingerprint density at radius 1 is 1.40 bits per heavy atom. The molecule has 0 aliphatic rings. The molecule has 15 heavy (non-hydrogen) atoms. The van der Waals surface area contributed by atoms with Crippen molar-refractivity contribution in [2.45, 2.75) is 26.2 Å². The minimum Gasteiger partial charge on any atom is -0.496 e. The summed E-state index contributed by atoms with van der Waals surface area (Å²) in [6.07, 6.45) is 0. The third kappa shape index (κ3) is 2.10. The zero-order chi connectivity index (χ0) is 11.6. The lowest BCUT2D eigenvalue weighted by Crippen LogP contribution is -2.16. The number of methoxy groups -OCH3 is 1. The Kier molecular flexibility index (Phi) is 2.99. The van der Waals surface area contributed by atoms with E-state index in [0.717, 1.165) is 5.56 Å². The molecule has 0 radical (unpaired) electrons. The van der Waals surface area contributed by atoms with Gasteiger partial charge in [0.25, 0.3) is 0 Å². The van der Waals surface area contributed by atoms with Crippen molar-refractivity contribution < 1.29 is 9.13 Å². The van der Waals surface area contributed by atoms with Crippen LogP contribution >= 0.6 is 0 Å². The van der Waals surface area contributed by atoms with Gasteiger partial charge in [0.1, 0.15) is 11.6 Å². The molecule has 3 heteroatoms. The first-order valence-electron chi connectivity index (χ1n) is 4.68. The van der Waals surface area contributed by atoms with E-state index in [0.29, 0.717) is 11.3 Å². The molecule has 1 aromatic rings. The Morgan fingerprint density at radius 2 is 2.00 bits per heavy atom. The summed E-state index contributed by atoms with van der Waals surface area (Å²) in [7, 11) is 1.53. The van der Waals surface area contributed by atoms with E-state index in [2.05, 4.69) is 6.07 Å². The molecule has 0 heterocycles. The van der Waals surface area contributed by atoms with Crippen molar-refractivity contribution in [3.8, 4) is 11.8 Å². The maximum absolute atomic E-state index is 13.6. The van der Waals surface area contributed by atoms with Crippen LogP contribution in [0.3, 0.4) is 0 Å². The molecule has 0 aliphatic heterocycles. The second-order valence-electron chi connectivity index (χ2n) is 4.04. The Hall–Kier alpha value is -1.56. The fraction of sp³-hybridized carbons (Fsp3) is 0.417. The number of nitriles is 1. The van der Waals surface area contributed by atoms with E-state index in [-0.39, 0.29) is 5.82 Å². The van der Waals surface area contributed by atoms with E-state index in [1.54, 1.807) is 26.8 Å². The van der Waals surface area contributed by atoms with Crippen LogP contribution in [-0.4, -0.2) is 7.11 Å². The Morgan fingerprint density at radius 3 is 2.47 bits per heavy atom. The van der Waals surface area contributed by atoms with E-state index in [4.69, 9.17) is 10.00 Å². The minimum absolute atomic E-state index is 0.361. The predicted molar refractivity (Wildman–Crippen MR) is 56.3 cm³/mol. The first kappa shape index (κ1) is 11.5. The fourth-order valence-corrected chi connectivity index (χ4v) is 1.41. The Balaban J connectivity index is 3.38. The maximum Gasteiger partial charge on any atom is 0.128 e. The maximum atomic E-state index is 13.6. The summed E-state index contributed by atoms with van der Waals surface area (Å²) in [5.74, 6) is 0.245. The standard InChI is InChI=1S/C12H14FNO/c1-8-5-10(13)9(6-11(8)15-4)12(2,3)7-14/h5-6H,1-4H3. The van der Waals surface area contributed by atoms with Crippen LogP contribution < -0.4 is 4.74 Å². The predicted octanol–water partition coefficient (Wildman–Crippen LogP) is 2.94. The van der Waals surface area contributed by atoms with Crippen LogP contribution in [0.4, 0.5) is 4.39 Å². The third-order valence-electron chi connectivity index (χ3n) is 2.44. The van der Waals surface area contributed by atoms with Gasteiger partial charge in [0, 0.05) is 5.56 Å². The van der Waals surface area contributed by atoms with Crippen LogP contribution in [0.5, 0.6) is 5.75 Å². The van der Waals surface area contributed by atoms with Crippen molar-refractivity contribution in [1.82, 2.24) is 0 Å². The highest BCUT2D eigenvalue weighted by atomic mass is 19.1. The van der Waals surface area contributed by atoms with Gasteiger partial charge in [-0.3, -0.25) is 0 Å². The summed E-state index contributed by atoms with van der Waals surface area (Å²) < 4.78 is 18.7. The molecule has 80 valence electrons. The fourth-order valence-electron chi connectivity index (χ4n) is 1.41. The molecule has 0 unspecified atom stereocenters. The molecule has 0 N–H and O–H groups in total. The van der Waals surface area contributed by atoms with Crippen molar-refractivity contribution in [2.75, 3.05) is 7.11 Å². The molecule has 0 spiro atoms. The molecule has 0 atom stereocenters. The number of hydrogen-bond donors (Lipinski definition) is 0. The molecule has 1 rings (SSSR count). The molecule has 0 aromatic heterocycles. The smallest absolute Gasteiger partial charge is 0.128 e. The normalized spacial score (nSPS) is 10.9. The quantitative estimate of drug-likeness (QED) is 0.747. The molecule has 0 amide bonds. The highest BCUT2D eigenvalue weighted by Gasteiger charge is 2.25. The number of hydrogen-bond acceptors (Lipinski definition) is 2. The van der Waals surface area contributed by atoms with Crippen LogP contribution in [0.2, 0.25) is 0 Å². The topological polar surface area (TPSA) is 33.0 Å². The van der Waals surface area contributed by atoms with Crippen LogP contribution in [0.15, 0.2) is 12.1 Å². The van der Waals surface area contributed by atoms with Crippen molar-refractivity contribution in [2.24, 2.45) is 0 Å². The summed E-state index contributed by atoms with van der Waals surface area (Å²) in [5, 5.41) is 8.95. The second-order valence-corrected chi connectivity index (χ2v) is 4.04. The molecule has 0 bridgehead atoms. The van der Waals surface area contributed by atoms with Gasteiger partial charge in [0.05, 0.1) is 18.6 Å². The lowest BCUT2D eigenvalue weighted by molar-refractivity contribution is 0.408. The van der Waals surface area contributed by atoms with Crippen molar-refractivity contribution in [1.29, 1.82) is 5.26 Å². The number of rotatable bonds is 2. The summed E-state index contributed by atoms with van der Waals surface area (Å²) in [5.41, 5.74) is 0.255. The third-order valence-corrected chi connectivity index (χ3v) is 2.44. The van der Waals surface area contributed by atoms with Gasteiger partial charge in [-0.25, -0.2) is 4.39 Å². The highest BCUT2D eigenvalue weighted by molar-refractivity contribution is 5.42. The summed E-state index contributed by atoms with van der Waals surface area (Å²) in [6.45, 7) is 5.13. The molecule has 0 saturated heterocycles. The van der Waals surface area contributed by atoms with Gasteiger partial charge in [-0.15, -0.1) is 0 Å². The molecule has 2 nitrogen and oxygen atoms in total. The lowest BCUT2D eigenvalue weighted by atomic mass is 9.85. The summed E-state index contributed by atoms with van der Waals surface area (Å²) >= 11 is 0. The number of benzene rings is 1. The SMILES string of the molecule is COc1cc(C(C)(C)C#N)c(F)cc1C.